The highest BCUT2D eigenvalue weighted by molar-refractivity contribution is 6.31. The van der Waals surface area contributed by atoms with Crippen LogP contribution in [0, 0.1) is 11.7 Å². The lowest BCUT2D eigenvalue weighted by Gasteiger charge is -2.33. The highest BCUT2D eigenvalue weighted by atomic mass is 35.5. The number of hydrogen-bond acceptors (Lipinski definition) is 4. The predicted molar refractivity (Wildman–Crippen MR) is 93.3 cm³/mol. The minimum atomic E-state index is -0.623. The van der Waals surface area contributed by atoms with Gasteiger partial charge in [0.2, 0.25) is 5.91 Å². The van der Waals surface area contributed by atoms with Crippen LogP contribution in [0.5, 0.6) is 0 Å². The van der Waals surface area contributed by atoms with Crippen molar-refractivity contribution < 1.29 is 18.7 Å². The summed E-state index contributed by atoms with van der Waals surface area (Å²) in [6.07, 6.45) is 2.42. The molecule has 3 atom stereocenters. The summed E-state index contributed by atoms with van der Waals surface area (Å²) in [5, 5.41) is -0.0378. The SMILES string of the molecule is CCOC(=O)C1C(C)CC2CC(c3c(N)ccc(Cl)c3F)=CC(=O)N21. The maximum absolute atomic E-state index is 14.4. The molecule has 5 nitrogen and oxygen atoms in total. The average molecular weight is 367 g/mol. The van der Waals surface area contributed by atoms with E-state index >= 15 is 0 Å². The number of ether oxygens (including phenoxy) is 1. The van der Waals surface area contributed by atoms with Crippen LogP contribution in [0.1, 0.15) is 32.3 Å². The van der Waals surface area contributed by atoms with E-state index in [0.717, 1.165) is 0 Å². The largest absolute Gasteiger partial charge is 0.464 e. The molecule has 1 saturated heterocycles. The number of carbonyl (C=O) groups is 2. The molecular formula is C18H20ClFN2O3. The van der Waals surface area contributed by atoms with Gasteiger partial charge in [0.15, 0.2) is 5.82 Å². The van der Waals surface area contributed by atoms with Gasteiger partial charge in [0, 0.05) is 23.4 Å². The van der Waals surface area contributed by atoms with E-state index in [1.807, 2.05) is 6.92 Å². The van der Waals surface area contributed by atoms with Crippen molar-refractivity contribution in [1.82, 2.24) is 4.90 Å². The maximum Gasteiger partial charge on any atom is 0.329 e. The lowest BCUT2D eigenvalue weighted by molar-refractivity contribution is -0.154. The van der Waals surface area contributed by atoms with Crippen LogP contribution in [0.3, 0.4) is 0 Å². The monoisotopic (exact) mass is 366 g/mol. The first kappa shape index (κ1) is 17.7. The van der Waals surface area contributed by atoms with Crippen molar-refractivity contribution in [1.29, 1.82) is 0 Å². The van der Waals surface area contributed by atoms with Crippen molar-refractivity contribution in [2.24, 2.45) is 5.92 Å². The molecule has 0 bridgehead atoms. The Kier molecular flexibility index (Phi) is 4.73. The normalized spacial score (nSPS) is 25.6. The minimum absolute atomic E-state index is 0.0256. The number of esters is 1. The number of fused-ring (bicyclic) bond motifs is 1. The number of halogens is 2. The molecule has 2 N–H and O–H groups in total. The Balaban J connectivity index is 1.96. The molecule has 0 spiro atoms. The zero-order chi connectivity index (χ0) is 18.3. The summed E-state index contributed by atoms with van der Waals surface area (Å²) in [6, 6.07) is 2.13. The van der Waals surface area contributed by atoms with Crippen LogP contribution in [0.2, 0.25) is 5.02 Å². The fourth-order valence-electron chi connectivity index (χ4n) is 3.85. The van der Waals surface area contributed by atoms with E-state index in [0.29, 0.717) is 18.4 Å². The number of nitrogens with zero attached hydrogens (tertiary/aromatic N) is 1. The second-order valence-electron chi connectivity index (χ2n) is 6.51. The smallest absolute Gasteiger partial charge is 0.329 e. The molecule has 25 heavy (non-hydrogen) atoms. The Morgan fingerprint density at radius 3 is 2.88 bits per heavy atom. The molecule has 1 amide bonds. The van der Waals surface area contributed by atoms with Gasteiger partial charge in [-0.3, -0.25) is 4.79 Å². The minimum Gasteiger partial charge on any atom is -0.464 e. The third kappa shape index (κ3) is 2.99. The standard InChI is InChI=1S/C18H20ClFN2O3/c1-3-25-18(24)17-9(2)6-11-7-10(8-14(23)22(11)17)15-13(21)5-4-12(19)16(15)20/h4-5,8-9,11,17H,3,6-7,21H2,1-2H3. The molecule has 0 saturated carbocycles. The van der Waals surface area contributed by atoms with E-state index in [-0.39, 0.29) is 40.7 Å². The van der Waals surface area contributed by atoms with Crippen LogP contribution in [-0.2, 0) is 14.3 Å². The van der Waals surface area contributed by atoms with Gasteiger partial charge in [-0.15, -0.1) is 0 Å². The molecule has 1 fully saturated rings. The zero-order valence-corrected chi connectivity index (χ0v) is 14.8. The quantitative estimate of drug-likeness (QED) is 0.659. The average Bonchev–Trinajstić information content (AvgIpc) is 2.88. The van der Waals surface area contributed by atoms with Crippen molar-refractivity contribution in [3.8, 4) is 0 Å². The van der Waals surface area contributed by atoms with Crippen molar-refractivity contribution in [3.63, 3.8) is 0 Å². The Morgan fingerprint density at radius 2 is 2.20 bits per heavy atom. The van der Waals surface area contributed by atoms with Gasteiger partial charge in [0.05, 0.1) is 11.6 Å². The molecule has 0 radical (unpaired) electrons. The van der Waals surface area contributed by atoms with Gasteiger partial charge < -0.3 is 15.4 Å². The molecule has 2 aliphatic heterocycles. The first-order chi connectivity index (χ1) is 11.8. The fourth-order valence-corrected chi connectivity index (χ4v) is 4.01. The van der Waals surface area contributed by atoms with Crippen molar-refractivity contribution >= 4 is 34.7 Å². The molecule has 2 heterocycles. The molecular weight excluding hydrogens is 347 g/mol. The third-order valence-corrected chi connectivity index (χ3v) is 5.15. The van der Waals surface area contributed by atoms with Gasteiger partial charge in [0.1, 0.15) is 6.04 Å². The fraction of sp³-hybridized carbons (Fsp3) is 0.444. The Hall–Kier alpha value is -2.08. The number of amides is 1. The molecule has 134 valence electrons. The molecule has 3 rings (SSSR count). The highest BCUT2D eigenvalue weighted by Gasteiger charge is 2.48. The van der Waals surface area contributed by atoms with Crippen LogP contribution in [0.4, 0.5) is 10.1 Å². The second kappa shape index (κ2) is 6.67. The van der Waals surface area contributed by atoms with E-state index in [1.54, 1.807) is 11.8 Å². The van der Waals surface area contributed by atoms with Gasteiger partial charge >= 0.3 is 5.97 Å². The van der Waals surface area contributed by atoms with Gasteiger partial charge in [-0.1, -0.05) is 18.5 Å². The van der Waals surface area contributed by atoms with Crippen LogP contribution in [-0.4, -0.2) is 35.5 Å². The summed E-state index contributed by atoms with van der Waals surface area (Å²) in [6.45, 7) is 3.91. The van der Waals surface area contributed by atoms with E-state index in [1.165, 1.54) is 18.2 Å². The molecule has 1 aromatic carbocycles. The Morgan fingerprint density at radius 1 is 1.48 bits per heavy atom. The van der Waals surface area contributed by atoms with Gasteiger partial charge in [-0.25, -0.2) is 9.18 Å². The van der Waals surface area contributed by atoms with E-state index in [9.17, 15) is 14.0 Å². The summed E-state index contributed by atoms with van der Waals surface area (Å²) in [5.74, 6) is -1.37. The Bertz CT molecular complexity index is 765. The van der Waals surface area contributed by atoms with Gasteiger partial charge in [0.25, 0.3) is 0 Å². The molecule has 2 aliphatic rings. The molecule has 1 aromatic rings. The number of nitrogen functional groups attached to an aromatic ring is 1. The lowest BCUT2D eigenvalue weighted by Crippen LogP contribution is -2.48. The van der Waals surface area contributed by atoms with E-state index < -0.39 is 17.8 Å². The summed E-state index contributed by atoms with van der Waals surface area (Å²) in [4.78, 5) is 26.5. The highest BCUT2D eigenvalue weighted by Crippen LogP contribution is 2.41. The summed E-state index contributed by atoms with van der Waals surface area (Å²) in [5.41, 5.74) is 6.83. The van der Waals surface area contributed by atoms with Crippen LogP contribution >= 0.6 is 11.6 Å². The number of benzene rings is 1. The third-order valence-electron chi connectivity index (χ3n) is 4.86. The number of rotatable bonds is 3. The molecule has 7 heteroatoms. The molecule has 3 unspecified atom stereocenters. The van der Waals surface area contributed by atoms with Crippen LogP contribution in [0.15, 0.2) is 18.2 Å². The predicted octanol–water partition coefficient (Wildman–Crippen LogP) is 3.02. The van der Waals surface area contributed by atoms with Crippen LogP contribution < -0.4 is 5.73 Å². The number of anilines is 1. The number of hydrogen-bond donors (Lipinski definition) is 1. The van der Waals surface area contributed by atoms with E-state index in [2.05, 4.69) is 0 Å². The first-order valence-corrected chi connectivity index (χ1v) is 8.66. The van der Waals surface area contributed by atoms with E-state index in [4.69, 9.17) is 22.1 Å². The Labute approximate surface area is 150 Å². The number of nitrogens with two attached hydrogens (primary N) is 1. The van der Waals surface area contributed by atoms with Crippen molar-refractivity contribution in [3.05, 3.63) is 34.6 Å². The first-order valence-electron chi connectivity index (χ1n) is 8.28. The zero-order valence-electron chi connectivity index (χ0n) is 14.1. The van der Waals surface area contributed by atoms with Crippen LogP contribution in [0.25, 0.3) is 5.57 Å². The second-order valence-corrected chi connectivity index (χ2v) is 6.92. The number of carbonyl (C=O) groups excluding carboxylic acids is 2. The topological polar surface area (TPSA) is 72.6 Å². The molecule has 0 aliphatic carbocycles. The summed E-state index contributed by atoms with van der Waals surface area (Å²) < 4.78 is 19.6. The maximum atomic E-state index is 14.4. The van der Waals surface area contributed by atoms with Gasteiger partial charge in [-0.05, 0) is 43.4 Å². The summed E-state index contributed by atoms with van der Waals surface area (Å²) in [7, 11) is 0. The summed E-state index contributed by atoms with van der Waals surface area (Å²) >= 11 is 5.86. The molecule has 0 aromatic heterocycles. The lowest BCUT2D eigenvalue weighted by atomic mass is 9.91. The van der Waals surface area contributed by atoms with Gasteiger partial charge in [-0.2, -0.15) is 0 Å². The van der Waals surface area contributed by atoms with Crippen molar-refractivity contribution in [2.75, 3.05) is 12.3 Å². The van der Waals surface area contributed by atoms with Crippen molar-refractivity contribution in [2.45, 2.75) is 38.8 Å².